The predicted octanol–water partition coefficient (Wildman–Crippen LogP) is 6.21. The Kier molecular flexibility index (Phi) is 6.50. The van der Waals surface area contributed by atoms with Crippen molar-refractivity contribution in [3.63, 3.8) is 0 Å². The fourth-order valence-electron chi connectivity index (χ4n) is 3.12. The third-order valence-electron chi connectivity index (χ3n) is 4.58. The Labute approximate surface area is 184 Å². The number of para-hydroxylation sites is 1. The molecule has 0 spiro atoms. The maximum absolute atomic E-state index is 12.4. The minimum Gasteiger partial charge on any atom is -0.325 e. The second-order valence-electron chi connectivity index (χ2n) is 6.83. The number of fused-ring (bicyclic) bond motifs is 1. The van der Waals surface area contributed by atoms with Crippen LogP contribution in [0.5, 0.6) is 0 Å². The molecule has 0 bridgehead atoms. The first-order valence-corrected chi connectivity index (χ1v) is 10.8. The zero-order valence-electron chi connectivity index (χ0n) is 16.7. The van der Waals surface area contributed by atoms with Crippen molar-refractivity contribution in [1.29, 1.82) is 0 Å². The number of carbonyl (C=O) groups is 2. The highest BCUT2D eigenvalue weighted by molar-refractivity contribution is 8.00. The van der Waals surface area contributed by atoms with Crippen molar-refractivity contribution < 1.29 is 9.59 Å². The SMILES string of the molecule is O=C(CSc1ccc(NC(=O)Nc2ccccc2)cc1)Nc1cccc2ccccc12. The van der Waals surface area contributed by atoms with Crippen molar-refractivity contribution >= 4 is 51.5 Å². The predicted molar refractivity (Wildman–Crippen MR) is 129 cm³/mol. The van der Waals surface area contributed by atoms with E-state index in [9.17, 15) is 9.59 Å². The van der Waals surface area contributed by atoms with Crippen LogP contribution in [0.15, 0.2) is 102 Å². The molecule has 3 N–H and O–H groups in total. The fourth-order valence-corrected chi connectivity index (χ4v) is 3.82. The second-order valence-corrected chi connectivity index (χ2v) is 7.88. The highest BCUT2D eigenvalue weighted by Gasteiger charge is 2.07. The van der Waals surface area contributed by atoms with Crippen LogP contribution in [-0.4, -0.2) is 17.7 Å². The molecule has 0 aliphatic rings. The minimum absolute atomic E-state index is 0.0641. The number of carbonyl (C=O) groups excluding carboxylic acids is 2. The van der Waals surface area contributed by atoms with Crippen LogP contribution < -0.4 is 16.0 Å². The first-order chi connectivity index (χ1) is 15.2. The van der Waals surface area contributed by atoms with Gasteiger partial charge in [0.25, 0.3) is 0 Å². The van der Waals surface area contributed by atoms with Gasteiger partial charge in [0.2, 0.25) is 5.91 Å². The number of anilines is 3. The normalized spacial score (nSPS) is 10.5. The van der Waals surface area contributed by atoms with Crippen LogP contribution in [0.3, 0.4) is 0 Å². The van der Waals surface area contributed by atoms with Gasteiger partial charge in [-0.05, 0) is 47.9 Å². The van der Waals surface area contributed by atoms with Crippen LogP contribution in [0.1, 0.15) is 0 Å². The number of benzene rings is 4. The number of urea groups is 1. The summed E-state index contributed by atoms with van der Waals surface area (Å²) in [6, 6.07) is 30.2. The molecule has 0 heterocycles. The van der Waals surface area contributed by atoms with Crippen molar-refractivity contribution in [2.75, 3.05) is 21.7 Å². The summed E-state index contributed by atoms with van der Waals surface area (Å²) in [6.45, 7) is 0. The third kappa shape index (κ3) is 5.65. The van der Waals surface area contributed by atoms with Gasteiger partial charge < -0.3 is 16.0 Å². The van der Waals surface area contributed by atoms with Crippen LogP contribution >= 0.6 is 11.8 Å². The number of hydrogen-bond acceptors (Lipinski definition) is 3. The Morgan fingerprint density at radius 1 is 0.645 bits per heavy atom. The summed E-state index contributed by atoms with van der Waals surface area (Å²) in [5.74, 6) is 0.232. The molecular formula is C25H21N3O2S. The smallest absolute Gasteiger partial charge is 0.323 e. The Morgan fingerprint density at radius 3 is 2.06 bits per heavy atom. The highest BCUT2D eigenvalue weighted by atomic mass is 32.2. The monoisotopic (exact) mass is 427 g/mol. The average Bonchev–Trinajstić information content (AvgIpc) is 2.79. The Bertz CT molecular complexity index is 1190. The summed E-state index contributed by atoms with van der Waals surface area (Å²) in [7, 11) is 0. The van der Waals surface area contributed by atoms with Crippen molar-refractivity contribution in [3.05, 3.63) is 97.1 Å². The molecule has 0 unspecified atom stereocenters. The molecule has 4 aromatic rings. The average molecular weight is 428 g/mol. The molecule has 0 aromatic heterocycles. The molecule has 0 saturated heterocycles. The van der Waals surface area contributed by atoms with E-state index in [1.54, 1.807) is 0 Å². The van der Waals surface area contributed by atoms with Crippen molar-refractivity contribution in [2.45, 2.75) is 4.90 Å². The number of nitrogens with one attached hydrogen (secondary N) is 3. The van der Waals surface area contributed by atoms with Gasteiger partial charge in [0.1, 0.15) is 0 Å². The Morgan fingerprint density at radius 2 is 1.29 bits per heavy atom. The first-order valence-electron chi connectivity index (χ1n) is 9.81. The largest absolute Gasteiger partial charge is 0.325 e. The number of amides is 3. The van der Waals surface area contributed by atoms with Gasteiger partial charge in [-0.15, -0.1) is 11.8 Å². The minimum atomic E-state index is -0.305. The van der Waals surface area contributed by atoms with Gasteiger partial charge in [0, 0.05) is 27.3 Å². The van der Waals surface area contributed by atoms with Crippen LogP contribution in [0.2, 0.25) is 0 Å². The van der Waals surface area contributed by atoms with Gasteiger partial charge in [-0.1, -0.05) is 54.6 Å². The van der Waals surface area contributed by atoms with Crippen molar-refractivity contribution in [3.8, 4) is 0 Å². The van der Waals surface area contributed by atoms with E-state index < -0.39 is 0 Å². The zero-order valence-corrected chi connectivity index (χ0v) is 17.5. The number of hydrogen-bond donors (Lipinski definition) is 3. The topological polar surface area (TPSA) is 70.2 Å². The lowest BCUT2D eigenvalue weighted by Crippen LogP contribution is -2.19. The molecule has 3 amide bonds. The standard InChI is InChI=1S/C25H21N3O2S/c29-24(28-23-12-6-8-18-7-4-5-11-22(18)23)17-31-21-15-13-20(14-16-21)27-25(30)26-19-9-2-1-3-10-19/h1-16H,17H2,(H,28,29)(H2,26,27,30). The molecule has 6 heteroatoms. The molecule has 0 aliphatic carbocycles. The summed E-state index contributed by atoms with van der Waals surface area (Å²) < 4.78 is 0. The summed E-state index contributed by atoms with van der Waals surface area (Å²) in [5.41, 5.74) is 2.22. The molecule has 0 aliphatic heterocycles. The maximum atomic E-state index is 12.4. The van der Waals surface area contributed by atoms with E-state index in [4.69, 9.17) is 0 Å². The molecule has 4 rings (SSSR count). The summed E-state index contributed by atoms with van der Waals surface area (Å²) in [4.78, 5) is 25.4. The van der Waals surface area contributed by atoms with Crippen LogP contribution in [0, 0.1) is 0 Å². The molecule has 0 atom stereocenters. The van der Waals surface area contributed by atoms with Gasteiger partial charge in [-0.3, -0.25) is 4.79 Å². The van der Waals surface area contributed by atoms with E-state index in [-0.39, 0.29) is 11.9 Å². The lowest BCUT2D eigenvalue weighted by Gasteiger charge is -2.09. The maximum Gasteiger partial charge on any atom is 0.323 e. The lowest BCUT2D eigenvalue weighted by molar-refractivity contribution is -0.113. The number of thioether (sulfide) groups is 1. The van der Waals surface area contributed by atoms with Crippen molar-refractivity contribution in [1.82, 2.24) is 0 Å². The van der Waals surface area contributed by atoms with Crippen LogP contribution in [0.4, 0.5) is 21.9 Å². The van der Waals surface area contributed by atoms with Crippen molar-refractivity contribution in [2.24, 2.45) is 0 Å². The van der Waals surface area contributed by atoms with Crippen LogP contribution in [0.25, 0.3) is 10.8 Å². The van der Waals surface area contributed by atoms with E-state index in [1.807, 2.05) is 97.1 Å². The fraction of sp³-hybridized carbons (Fsp3) is 0.0400. The van der Waals surface area contributed by atoms with Gasteiger partial charge in [-0.25, -0.2) is 4.79 Å². The van der Waals surface area contributed by atoms with Crippen LogP contribution in [-0.2, 0) is 4.79 Å². The molecule has 154 valence electrons. The molecule has 0 fully saturated rings. The quantitative estimate of drug-likeness (QED) is 0.320. The zero-order chi connectivity index (χ0) is 21.5. The second kappa shape index (κ2) is 9.82. The van der Waals surface area contributed by atoms with E-state index in [0.717, 1.165) is 27.0 Å². The summed E-state index contributed by atoms with van der Waals surface area (Å²) in [5, 5.41) is 10.7. The van der Waals surface area contributed by atoms with Gasteiger partial charge >= 0.3 is 6.03 Å². The molecular weight excluding hydrogens is 406 g/mol. The first kappa shape index (κ1) is 20.5. The molecule has 0 saturated carbocycles. The van der Waals surface area contributed by atoms with E-state index in [0.29, 0.717) is 11.4 Å². The van der Waals surface area contributed by atoms with Gasteiger partial charge in [0.15, 0.2) is 0 Å². The van der Waals surface area contributed by atoms with E-state index in [2.05, 4.69) is 16.0 Å². The summed E-state index contributed by atoms with van der Waals surface area (Å²) in [6.07, 6.45) is 0. The molecule has 4 aromatic carbocycles. The molecule has 31 heavy (non-hydrogen) atoms. The van der Waals surface area contributed by atoms with Gasteiger partial charge in [-0.2, -0.15) is 0 Å². The Hall–Kier alpha value is -3.77. The van der Waals surface area contributed by atoms with E-state index in [1.165, 1.54) is 11.8 Å². The summed E-state index contributed by atoms with van der Waals surface area (Å²) >= 11 is 1.44. The Balaban J connectivity index is 1.29. The number of rotatable bonds is 6. The third-order valence-corrected chi connectivity index (χ3v) is 5.59. The molecule has 5 nitrogen and oxygen atoms in total. The van der Waals surface area contributed by atoms with Gasteiger partial charge in [0.05, 0.1) is 5.75 Å². The highest BCUT2D eigenvalue weighted by Crippen LogP contribution is 2.24. The molecule has 0 radical (unpaired) electrons. The van der Waals surface area contributed by atoms with E-state index >= 15 is 0 Å². The lowest BCUT2D eigenvalue weighted by atomic mass is 10.1.